The van der Waals surface area contributed by atoms with Gasteiger partial charge in [0.25, 0.3) is 0 Å². The molecule has 1 N–H and O–H groups in total. The molecule has 0 spiro atoms. The fourth-order valence-corrected chi connectivity index (χ4v) is 2.76. The van der Waals surface area contributed by atoms with Gasteiger partial charge in [0.15, 0.2) is 0 Å². The van der Waals surface area contributed by atoms with Crippen LogP contribution in [-0.2, 0) is 14.3 Å². The molecule has 2 rings (SSSR count). The van der Waals surface area contributed by atoms with E-state index < -0.39 is 5.97 Å². The number of aliphatic carboxylic acids is 1. The molecule has 0 aromatic carbocycles. The highest BCUT2D eigenvalue weighted by Crippen LogP contribution is 2.28. The summed E-state index contributed by atoms with van der Waals surface area (Å²) in [6.07, 6.45) is 6.72. The Morgan fingerprint density at radius 3 is 2.65 bits per heavy atom. The summed E-state index contributed by atoms with van der Waals surface area (Å²) < 4.78 is 5.51. The lowest BCUT2D eigenvalue weighted by atomic mass is 9.97. The molecule has 0 radical (unpaired) electrons. The quantitative estimate of drug-likeness (QED) is 0.692. The maximum Gasteiger partial charge on any atom is 0.303 e. The van der Waals surface area contributed by atoms with Crippen LogP contribution < -0.4 is 0 Å². The zero-order valence-electron chi connectivity index (χ0n) is 12.1. The molecule has 1 aliphatic carbocycles. The van der Waals surface area contributed by atoms with Crippen LogP contribution in [0.5, 0.6) is 0 Å². The van der Waals surface area contributed by atoms with Gasteiger partial charge in [-0.3, -0.25) is 9.59 Å². The first-order valence-electron chi connectivity index (χ1n) is 7.76. The Balaban J connectivity index is 1.70. The van der Waals surface area contributed by atoms with Crippen LogP contribution in [0.1, 0.15) is 51.4 Å². The number of likely N-dealkylation sites (tertiary alicyclic amines) is 1. The van der Waals surface area contributed by atoms with Crippen molar-refractivity contribution in [3.63, 3.8) is 0 Å². The van der Waals surface area contributed by atoms with Crippen LogP contribution >= 0.6 is 0 Å². The Kier molecular flexibility index (Phi) is 5.83. The van der Waals surface area contributed by atoms with Crippen LogP contribution in [-0.4, -0.2) is 47.7 Å². The first kappa shape index (κ1) is 15.3. The number of carboxylic acid groups (broad SMARTS) is 1. The Morgan fingerprint density at radius 2 is 1.95 bits per heavy atom. The van der Waals surface area contributed by atoms with Crippen molar-refractivity contribution in [3.05, 3.63) is 0 Å². The summed E-state index contributed by atoms with van der Waals surface area (Å²) in [5, 5.41) is 8.78. The lowest BCUT2D eigenvalue weighted by Gasteiger charge is -2.35. The van der Waals surface area contributed by atoms with Crippen molar-refractivity contribution in [2.45, 2.75) is 57.4 Å². The first-order valence-corrected chi connectivity index (χ1v) is 7.76. The summed E-state index contributed by atoms with van der Waals surface area (Å²) in [4.78, 5) is 24.8. The number of hydrogen-bond acceptors (Lipinski definition) is 3. The van der Waals surface area contributed by atoms with Gasteiger partial charge >= 0.3 is 5.97 Å². The Hall–Kier alpha value is -1.10. The molecule has 1 saturated carbocycles. The minimum absolute atomic E-state index is 0.107. The molecule has 5 nitrogen and oxygen atoms in total. The van der Waals surface area contributed by atoms with Gasteiger partial charge in [-0.05, 0) is 44.4 Å². The Bertz CT molecular complexity index is 341. The highest BCUT2D eigenvalue weighted by molar-refractivity contribution is 5.76. The van der Waals surface area contributed by atoms with Gasteiger partial charge in [0.05, 0.1) is 13.0 Å². The zero-order chi connectivity index (χ0) is 14.4. The van der Waals surface area contributed by atoms with Gasteiger partial charge in [-0.2, -0.15) is 0 Å². The van der Waals surface area contributed by atoms with Gasteiger partial charge in [-0.25, -0.2) is 0 Å². The first-order chi connectivity index (χ1) is 9.66. The smallest absolute Gasteiger partial charge is 0.303 e. The molecule has 5 heteroatoms. The predicted molar refractivity (Wildman–Crippen MR) is 74.4 cm³/mol. The van der Waals surface area contributed by atoms with Crippen LogP contribution in [0.3, 0.4) is 0 Å². The van der Waals surface area contributed by atoms with E-state index in [2.05, 4.69) is 0 Å². The van der Waals surface area contributed by atoms with Crippen molar-refractivity contribution in [3.8, 4) is 0 Å². The maximum absolute atomic E-state index is 12.2. The summed E-state index contributed by atoms with van der Waals surface area (Å²) in [6.45, 7) is 2.05. The fourth-order valence-electron chi connectivity index (χ4n) is 2.76. The monoisotopic (exact) mass is 283 g/mol. The third kappa shape index (κ3) is 5.12. The number of carboxylic acids is 1. The van der Waals surface area contributed by atoms with E-state index in [1.165, 1.54) is 12.8 Å². The number of carbonyl (C=O) groups excluding carboxylic acids is 1. The van der Waals surface area contributed by atoms with Crippen molar-refractivity contribution >= 4 is 11.9 Å². The highest BCUT2D eigenvalue weighted by atomic mass is 16.5. The molecule has 2 aliphatic rings. The molecule has 1 saturated heterocycles. The number of piperidine rings is 1. The molecule has 1 unspecified atom stereocenters. The van der Waals surface area contributed by atoms with Gasteiger partial charge in [0, 0.05) is 25.6 Å². The minimum atomic E-state index is -0.782. The standard InChI is InChI=1S/C15H25NO4/c17-14(8-10-20-11-12-4-5-12)16-9-2-1-3-13(16)6-7-15(18)19/h12-13H,1-11H2,(H,18,19). The lowest BCUT2D eigenvalue weighted by Crippen LogP contribution is -2.44. The van der Waals surface area contributed by atoms with E-state index in [4.69, 9.17) is 9.84 Å². The van der Waals surface area contributed by atoms with Crippen LogP contribution in [0, 0.1) is 5.92 Å². The van der Waals surface area contributed by atoms with E-state index in [0.717, 1.165) is 38.3 Å². The van der Waals surface area contributed by atoms with Crippen molar-refractivity contribution in [1.82, 2.24) is 4.90 Å². The van der Waals surface area contributed by atoms with E-state index in [-0.39, 0.29) is 18.4 Å². The molecule has 0 aromatic heterocycles. The summed E-state index contributed by atoms with van der Waals surface area (Å²) in [5.74, 6) is 0.0648. The molecular weight excluding hydrogens is 258 g/mol. The van der Waals surface area contributed by atoms with Crippen molar-refractivity contribution in [2.24, 2.45) is 5.92 Å². The molecule has 2 fully saturated rings. The predicted octanol–water partition coefficient (Wildman–Crippen LogP) is 2.05. The van der Waals surface area contributed by atoms with E-state index in [0.29, 0.717) is 19.4 Å². The number of nitrogens with zero attached hydrogens (tertiary/aromatic N) is 1. The van der Waals surface area contributed by atoms with Crippen LogP contribution in [0.2, 0.25) is 0 Å². The summed E-state index contributed by atoms with van der Waals surface area (Å²) in [7, 11) is 0. The van der Waals surface area contributed by atoms with Crippen molar-refractivity contribution in [1.29, 1.82) is 0 Å². The maximum atomic E-state index is 12.2. The van der Waals surface area contributed by atoms with E-state index in [9.17, 15) is 9.59 Å². The van der Waals surface area contributed by atoms with Crippen LogP contribution in [0.15, 0.2) is 0 Å². The SMILES string of the molecule is O=C(O)CCC1CCCCN1C(=O)CCOCC1CC1. The van der Waals surface area contributed by atoms with Crippen molar-refractivity contribution in [2.75, 3.05) is 19.8 Å². The van der Waals surface area contributed by atoms with Crippen molar-refractivity contribution < 1.29 is 19.4 Å². The third-order valence-corrected chi connectivity index (χ3v) is 4.15. The molecule has 114 valence electrons. The Morgan fingerprint density at radius 1 is 1.15 bits per heavy atom. The van der Waals surface area contributed by atoms with Gasteiger partial charge in [-0.15, -0.1) is 0 Å². The van der Waals surface area contributed by atoms with Gasteiger partial charge < -0.3 is 14.7 Å². The Labute approximate surface area is 120 Å². The molecule has 0 bridgehead atoms. The number of hydrogen-bond donors (Lipinski definition) is 1. The molecule has 1 amide bonds. The molecular formula is C15H25NO4. The summed E-state index contributed by atoms with van der Waals surface area (Å²) in [5.41, 5.74) is 0. The van der Waals surface area contributed by atoms with E-state index >= 15 is 0 Å². The summed E-state index contributed by atoms with van der Waals surface area (Å²) >= 11 is 0. The van der Waals surface area contributed by atoms with Crippen LogP contribution in [0.4, 0.5) is 0 Å². The highest BCUT2D eigenvalue weighted by Gasteiger charge is 2.27. The van der Waals surface area contributed by atoms with E-state index in [1.54, 1.807) is 0 Å². The van der Waals surface area contributed by atoms with Crippen LogP contribution in [0.25, 0.3) is 0 Å². The summed E-state index contributed by atoms with van der Waals surface area (Å²) in [6, 6.07) is 0.107. The van der Waals surface area contributed by atoms with Gasteiger partial charge in [0.1, 0.15) is 0 Å². The third-order valence-electron chi connectivity index (χ3n) is 4.15. The molecule has 1 heterocycles. The normalized spacial score (nSPS) is 22.8. The molecule has 0 aromatic rings. The second kappa shape index (κ2) is 7.62. The van der Waals surface area contributed by atoms with Gasteiger partial charge in [0.2, 0.25) is 5.91 Å². The zero-order valence-corrected chi connectivity index (χ0v) is 12.1. The largest absolute Gasteiger partial charge is 0.481 e. The second-order valence-corrected chi connectivity index (χ2v) is 5.94. The fraction of sp³-hybridized carbons (Fsp3) is 0.867. The minimum Gasteiger partial charge on any atom is -0.481 e. The van der Waals surface area contributed by atoms with Gasteiger partial charge in [-0.1, -0.05) is 0 Å². The number of amides is 1. The lowest BCUT2D eigenvalue weighted by molar-refractivity contribution is -0.140. The number of rotatable bonds is 8. The second-order valence-electron chi connectivity index (χ2n) is 5.94. The number of carbonyl (C=O) groups is 2. The topological polar surface area (TPSA) is 66.8 Å². The molecule has 1 atom stereocenters. The average Bonchev–Trinajstić information content (AvgIpc) is 3.25. The number of ether oxygens (including phenoxy) is 1. The average molecular weight is 283 g/mol. The molecule has 1 aliphatic heterocycles. The van der Waals surface area contributed by atoms with E-state index in [1.807, 2.05) is 4.90 Å². The molecule has 20 heavy (non-hydrogen) atoms.